The minimum atomic E-state index is -0.943. The summed E-state index contributed by atoms with van der Waals surface area (Å²) in [6, 6.07) is 6.79. The van der Waals surface area contributed by atoms with Gasteiger partial charge in [0.2, 0.25) is 11.8 Å². The predicted molar refractivity (Wildman–Crippen MR) is 118 cm³/mol. The van der Waals surface area contributed by atoms with Crippen molar-refractivity contribution in [2.45, 2.75) is 56.5 Å². The summed E-state index contributed by atoms with van der Waals surface area (Å²) in [6.07, 6.45) is 6.84. The molecule has 9 heteroatoms. The SMILES string of the molecule is O=C1CCC(N2C(=O)c3ccc(NCC4CC(n5nccc5C5CC5)C4)cc3C2=O)C(=O)N1. The molecule has 0 bridgehead atoms. The van der Waals surface area contributed by atoms with E-state index in [1.165, 1.54) is 18.5 Å². The van der Waals surface area contributed by atoms with Crippen LogP contribution in [0.15, 0.2) is 30.5 Å². The number of rotatable bonds is 6. The average molecular weight is 447 g/mol. The molecule has 2 aromatic rings. The second-order valence-electron chi connectivity index (χ2n) is 9.55. The summed E-state index contributed by atoms with van der Waals surface area (Å²) in [7, 11) is 0. The van der Waals surface area contributed by atoms with E-state index in [0.717, 1.165) is 30.0 Å². The van der Waals surface area contributed by atoms with E-state index in [9.17, 15) is 19.2 Å². The molecule has 2 aliphatic heterocycles. The number of piperidine rings is 1. The van der Waals surface area contributed by atoms with E-state index in [2.05, 4.69) is 26.5 Å². The Hall–Kier alpha value is -3.49. The van der Waals surface area contributed by atoms with Crippen LogP contribution in [0.4, 0.5) is 5.69 Å². The smallest absolute Gasteiger partial charge is 0.262 e. The van der Waals surface area contributed by atoms with Crippen LogP contribution in [-0.4, -0.2) is 50.9 Å². The second-order valence-corrected chi connectivity index (χ2v) is 9.55. The van der Waals surface area contributed by atoms with Crippen LogP contribution in [0.5, 0.6) is 0 Å². The quantitative estimate of drug-likeness (QED) is 0.657. The summed E-state index contributed by atoms with van der Waals surface area (Å²) in [5.74, 6) is -0.728. The number of carbonyl (C=O) groups excluding carboxylic acids is 4. The minimum Gasteiger partial charge on any atom is -0.385 e. The topological polar surface area (TPSA) is 113 Å². The van der Waals surface area contributed by atoms with Gasteiger partial charge in [0.25, 0.3) is 11.8 Å². The number of nitrogens with one attached hydrogen (secondary N) is 2. The molecule has 9 nitrogen and oxygen atoms in total. The maximum atomic E-state index is 13.0. The third-order valence-electron chi connectivity index (χ3n) is 7.29. The molecule has 2 aliphatic carbocycles. The Bertz CT molecular complexity index is 1180. The van der Waals surface area contributed by atoms with Gasteiger partial charge in [-0.2, -0.15) is 5.10 Å². The maximum Gasteiger partial charge on any atom is 0.262 e. The van der Waals surface area contributed by atoms with Gasteiger partial charge >= 0.3 is 0 Å². The number of carbonyl (C=O) groups is 4. The molecule has 1 aromatic heterocycles. The molecule has 2 N–H and O–H groups in total. The van der Waals surface area contributed by atoms with Gasteiger partial charge in [-0.15, -0.1) is 0 Å². The standard InChI is InChI=1S/C24H25N5O4/c30-21-6-5-20(22(31)27-21)28-23(32)17-4-3-15(11-18(17)24(28)33)25-12-13-9-16(10-13)29-19(7-8-26-29)14-1-2-14/h3-4,7-8,11,13-14,16,20,25H,1-2,5-6,9-10,12H2,(H,27,30,31). The van der Waals surface area contributed by atoms with Crippen molar-refractivity contribution in [3.8, 4) is 0 Å². The van der Waals surface area contributed by atoms with Gasteiger partial charge in [-0.1, -0.05) is 0 Å². The van der Waals surface area contributed by atoms with Crippen LogP contribution in [0.3, 0.4) is 0 Å². The molecule has 0 spiro atoms. The van der Waals surface area contributed by atoms with Crippen LogP contribution in [-0.2, 0) is 9.59 Å². The highest BCUT2D eigenvalue weighted by atomic mass is 16.2. The van der Waals surface area contributed by atoms with Crippen molar-refractivity contribution < 1.29 is 19.2 Å². The molecule has 0 radical (unpaired) electrons. The summed E-state index contributed by atoms with van der Waals surface area (Å²) < 4.78 is 2.21. The van der Waals surface area contributed by atoms with E-state index in [1.807, 2.05) is 6.20 Å². The van der Waals surface area contributed by atoms with Gasteiger partial charge < -0.3 is 5.32 Å². The summed E-state index contributed by atoms with van der Waals surface area (Å²) in [6.45, 7) is 0.786. The number of amides is 4. The predicted octanol–water partition coefficient (Wildman–Crippen LogP) is 2.22. The lowest BCUT2D eigenvalue weighted by molar-refractivity contribution is -0.136. The average Bonchev–Trinajstić information content (AvgIpc) is 3.45. The molecule has 6 rings (SSSR count). The Morgan fingerprint density at radius 3 is 2.55 bits per heavy atom. The summed E-state index contributed by atoms with van der Waals surface area (Å²) in [5.41, 5.74) is 2.74. The third kappa shape index (κ3) is 3.42. The molecule has 1 unspecified atom stereocenters. The lowest BCUT2D eigenvalue weighted by Gasteiger charge is -2.36. The van der Waals surface area contributed by atoms with Crippen LogP contribution in [0, 0.1) is 5.92 Å². The van der Waals surface area contributed by atoms with Crippen molar-refractivity contribution in [2.24, 2.45) is 5.92 Å². The molecule has 3 heterocycles. The van der Waals surface area contributed by atoms with Gasteiger partial charge in [-0.3, -0.25) is 34.1 Å². The molecule has 4 aliphatic rings. The van der Waals surface area contributed by atoms with E-state index in [4.69, 9.17) is 0 Å². The zero-order valence-corrected chi connectivity index (χ0v) is 18.1. The fourth-order valence-electron chi connectivity index (χ4n) is 5.24. The molecule has 1 atom stereocenters. The Labute approximate surface area is 190 Å². The first-order valence-electron chi connectivity index (χ1n) is 11.6. The summed E-state index contributed by atoms with van der Waals surface area (Å²) >= 11 is 0. The molecule has 170 valence electrons. The van der Waals surface area contributed by atoms with Crippen molar-refractivity contribution in [1.82, 2.24) is 20.0 Å². The highest BCUT2D eigenvalue weighted by molar-refractivity contribution is 6.23. The van der Waals surface area contributed by atoms with Crippen LogP contribution in [0.1, 0.15) is 76.9 Å². The fraction of sp³-hybridized carbons (Fsp3) is 0.458. The molecule has 1 saturated heterocycles. The number of aromatic nitrogens is 2. The van der Waals surface area contributed by atoms with Gasteiger partial charge in [-0.25, -0.2) is 0 Å². The molecule has 3 fully saturated rings. The molecular weight excluding hydrogens is 422 g/mol. The number of benzene rings is 1. The number of nitrogens with zero attached hydrogens (tertiary/aromatic N) is 3. The van der Waals surface area contributed by atoms with Crippen molar-refractivity contribution in [3.63, 3.8) is 0 Å². The first kappa shape index (κ1) is 20.1. The van der Waals surface area contributed by atoms with Crippen LogP contribution < -0.4 is 10.6 Å². The lowest BCUT2D eigenvalue weighted by atomic mass is 9.80. The maximum absolute atomic E-state index is 13.0. The Morgan fingerprint density at radius 1 is 1.00 bits per heavy atom. The van der Waals surface area contributed by atoms with Crippen molar-refractivity contribution in [3.05, 3.63) is 47.3 Å². The normalized spacial score (nSPS) is 26.8. The highest BCUT2D eigenvalue weighted by Crippen LogP contribution is 2.44. The largest absolute Gasteiger partial charge is 0.385 e. The summed E-state index contributed by atoms with van der Waals surface area (Å²) in [4.78, 5) is 50.4. The number of hydrogen-bond acceptors (Lipinski definition) is 6. The van der Waals surface area contributed by atoms with Crippen molar-refractivity contribution in [1.29, 1.82) is 0 Å². The first-order chi connectivity index (χ1) is 16.0. The van der Waals surface area contributed by atoms with Crippen LogP contribution >= 0.6 is 0 Å². The van der Waals surface area contributed by atoms with Gasteiger partial charge in [-0.05, 0) is 62.3 Å². The first-order valence-corrected chi connectivity index (χ1v) is 11.6. The summed E-state index contributed by atoms with van der Waals surface area (Å²) in [5, 5.41) is 10.2. The van der Waals surface area contributed by atoms with Crippen molar-refractivity contribution >= 4 is 29.3 Å². The van der Waals surface area contributed by atoms with Crippen LogP contribution in [0.2, 0.25) is 0 Å². The zero-order valence-electron chi connectivity index (χ0n) is 18.1. The van der Waals surface area contributed by atoms with Crippen molar-refractivity contribution in [2.75, 3.05) is 11.9 Å². The number of imide groups is 2. The highest BCUT2D eigenvalue weighted by Gasteiger charge is 2.44. The zero-order chi connectivity index (χ0) is 22.7. The minimum absolute atomic E-state index is 0.111. The molecule has 33 heavy (non-hydrogen) atoms. The Kier molecular flexibility index (Phi) is 4.60. The monoisotopic (exact) mass is 447 g/mol. The number of hydrogen-bond donors (Lipinski definition) is 2. The van der Waals surface area contributed by atoms with E-state index in [0.29, 0.717) is 29.0 Å². The fourth-order valence-corrected chi connectivity index (χ4v) is 5.24. The van der Waals surface area contributed by atoms with Gasteiger partial charge in [0, 0.05) is 36.5 Å². The van der Waals surface area contributed by atoms with Gasteiger partial charge in [0.15, 0.2) is 0 Å². The lowest BCUT2D eigenvalue weighted by Crippen LogP contribution is -2.54. The molecule has 2 saturated carbocycles. The number of fused-ring (bicyclic) bond motifs is 1. The molecule has 1 aromatic carbocycles. The number of anilines is 1. The second kappa shape index (κ2) is 7.54. The van der Waals surface area contributed by atoms with Gasteiger partial charge in [0.05, 0.1) is 17.2 Å². The van der Waals surface area contributed by atoms with E-state index < -0.39 is 23.8 Å². The third-order valence-corrected chi connectivity index (χ3v) is 7.29. The van der Waals surface area contributed by atoms with Gasteiger partial charge in [0.1, 0.15) is 6.04 Å². The van der Waals surface area contributed by atoms with Crippen LogP contribution in [0.25, 0.3) is 0 Å². The van der Waals surface area contributed by atoms with E-state index >= 15 is 0 Å². The van der Waals surface area contributed by atoms with E-state index in [-0.39, 0.29) is 18.7 Å². The molecular formula is C24H25N5O4. The Balaban J connectivity index is 1.09. The van der Waals surface area contributed by atoms with E-state index in [1.54, 1.807) is 18.2 Å². The molecule has 4 amide bonds. The Morgan fingerprint density at radius 2 is 1.79 bits per heavy atom.